The largest absolute Gasteiger partial charge is 0.408 e. The maximum Gasteiger partial charge on any atom is 0.408 e. The van der Waals surface area contributed by atoms with Crippen LogP contribution in [0.25, 0.3) is 10.9 Å². The van der Waals surface area contributed by atoms with E-state index in [2.05, 4.69) is 5.10 Å². The first-order valence-corrected chi connectivity index (χ1v) is 4.87. The van der Waals surface area contributed by atoms with Crippen molar-refractivity contribution in [3.8, 4) is 0 Å². The van der Waals surface area contributed by atoms with Gasteiger partial charge in [0.05, 0.1) is 5.52 Å². The zero-order chi connectivity index (χ0) is 12.8. The molecule has 7 heteroatoms. The Labute approximate surface area is 96.8 Å². The van der Waals surface area contributed by atoms with Crippen LogP contribution in [0.3, 0.4) is 0 Å². The minimum Gasteiger partial charge on any atom is -0.382 e. The van der Waals surface area contributed by atoms with Gasteiger partial charge in [-0.15, -0.1) is 0 Å². The molecular formula is C10H9BF3N3. The summed E-state index contributed by atoms with van der Waals surface area (Å²) < 4.78 is 37.9. The highest BCUT2D eigenvalue weighted by Crippen LogP contribution is 2.25. The summed E-state index contributed by atoms with van der Waals surface area (Å²) >= 11 is 0. The molecule has 0 saturated heterocycles. The van der Waals surface area contributed by atoms with Gasteiger partial charge in [-0.2, -0.15) is 18.3 Å². The minimum absolute atomic E-state index is 0.0639. The quantitative estimate of drug-likeness (QED) is 0.762. The van der Waals surface area contributed by atoms with Crippen molar-refractivity contribution in [3.63, 3.8) is 0 Å². The van der Waals surface area contributed by atoms with Gasteiger partial charge in [0.25, 0.3) is 0 Å². The number of nitrogens with zero attached hydrogens (tertiary/aromatic N) is 2. The Balaban J connectivity index is 2.70. The molecule has 0 fully saturated rings. The lowest BCUT2D eigenvalue weighted by Gasteiger charge is -2.09. The highest BCUT2D eigenvalue weighted by Gasteiger charge is 2.30. The molecule has 88 valence electrons. The summed E-state index contributed by atoms with van der Waals surface area (Å²) in [6.07, 6.45) is -4.36. The first-order chi connectivity index (χ1) is 7.79. The number of hydrogen-bond acceptors (Lipinski definition) is 2. The second-order valence-corrected chi connectivity index (χ2v) is 3.85. The summed E-state index contributed by atoms with van der Waals surface area (Å²) in [5.41, 5.74) is 6.83. The highest BCUT2D eigenvalue weighted by atomic mass is 19.4. The highest BCUT2D eigenvalue weighted by molar-refractivity contribution is 6.38. The Morgan fingerprint density at radius 3 is 2.65 bits per heavy atom. The SMILES string of the molecule is [B]c1ccc(C)c2c(N)nn(CC(F)(F)F)c12. The van der Waals surface area contributed by atoms with Crippen molar-refractivity contribution in [3.05, 3.63) is 17.7 Å². The van der Waals surface area contributed by atoms with Crippen LogP contribution >= 0.6 is 0 Å². The van der Waals surface area contributed by atoms with Crippen molar-refractivity contribution in [1.82, 2.24) is 9.78 Å². The van der Waals surface area contributed by atoms with E-state index < -0.39 is 12.7 Å². The lowest BCUT2D eigenvalue weighted by Crippen LogP contribution is -2.21. The third-order valence-electron chi connectivity index (χ3n) is 2.49. The molecule has 2 radical (unpaired) electrons. The van der Waals surface area contributed by atoms with Gasteiger partial charge in [0.15, 0.2) is 5.82 Å². The molecule has 0 aliphatic rings. The minimum atomic E-state index is -4.36. The van der Waals surface area contributed by atoms with E-state index in [1.807, 2.05) is 0 Å². The molecule has 1 aromatic carbocycles. The summed E-state index contributed by atoms with van der Waals surface area (Å²) in [6.45, 7) is 0.548. The van der Waals surface area contributed by atoms with Gasteiger partial charge in [0.2, 0.25) is 0 Å². The Bertz CT molecular complexity index is 574. The number of fused-ring (bicyclic) bond motifs is 1. The van der Waals surface area contributed by atoms with Crippen molar-refractivity contribution in [2.45, 2.75) is 19.6 Å². The molecule has 1 heterocycles. The smallest absolute Gasteiger partial charge is 0.382 e. The maximum absolute atomic E-state index is 12.4. The maximum atomic E-state index is 12.4. The molecule has 0 bridgehead atoms. The van der Waals surface area contributed by atoms with Crippen LogP contribution in [0.5, 0.6) is 0 Å². The van der Waals surface area contributed by atoms with Crippen molar-refractivity contribution in [2.24, 2.45) is 0 Å². The van der Waals surface area contributed by atoms with Gasteiger partial charge in [-0.3, -0.25) is 4.68 Å². The van der Waals surface area contributed by atoms with Crippen LogP contribution in [0.4, 0.5) is 19.0 Å². The molecule has 0 aliphatic heterocycles. The summed E-state index contributed by atoms with van der Waals surface area (Å²) in [6, 6.07) is 3.25. The molecule has 0 unspecified atom stereocenters. The fourth-order valence-electron chi connectivity index (χ4n) is 1.82. The number of nitrogen functional groups attached to an aromatic ring is 1. The zero-order valence-corrected chi connectivity index (χ0v) is 9.04. The van der Waals surface area contributed by atoms with Crippen LogP contribution < -0.4 is 11.2 Å². The average molecular weight is 239 g/mol. The van der Waals surface area contributed by atoms with Crippen LogP contribution in [-0.4, -0.2) is 23.8 Å². The Morgan fingerprint density at radius 1 is 1.41 bits per heavy atom. The third-order valence-corrected chi connectivity index (χ3v) is 2.49. The van der Waals surface area contributed by atoms with E-state index in [1.54, 1.807) is 19.1 Å². The van der Waals surface area contributed by atoms with E-state index in [0.29, 0.717) is 5.39 Å². The van der Waals surface area contributed by atoms with Crippen LogP contribution in [-0.2, 0) is 6.54 Å². The molecule has 2 rings (SSSR count). The Kier molecular flexibility index (Phi) is 2.56. The number of alkyl halides is 3. The van der Waals surface area contributed by atoms with Crippen molar-refractivity contribution in [2.75, 3.05) is 5.73 Å². The summed E-state index contributed by atoms with van der Waals surface area (Å²) in [5.74, 6) is 0.0639. The molecule has 0 amide bonds. The zero-order valence-electron chi connectivity index (χ0n) is 9.04. The van der Waals surface area contributed by atoms with Gasteiger partial charge in [0.1, 0.15) is 14.4 Å². The number of benzene rings is 1. The lowest BCUT2D eigenvalue weighted by molar-refractivity contribution is -0.141. The van der Waals surface area contributed by atoms with Crippen LogP contribution in [0.2, 0.25) is 0 Å². The second kappa shape index (κ2) is 3.68. The van der Waals surface area contributed by atoms with E-state index >= 15 is 0 Å². The molecule has 1 aromatic heterocycles. The first kappa shape index (κ1) is 11.8. The van der Waals surface area contributed by atoms with Crippen molar-refractivity contribution < 1.29 is 13.2 Å². The van der Waals surface area contributed by atoms with Gasteiger partial charge in [-0.1, -0.05) is 17.6 Å². The molecule has 2 aromatic rings. The van der Waals surface area contributed by atoms with Gasteiger partial charge >= 0.3 is 6.18 Å². The Hall–Kier alpha value is -1.66. The summed E-state index contributed by atoms with van der Waals surface area (Å²) in [5, 5.41) is 4.17. The van der Waals surface area contributed by atoms with Gasteiger partial charge in [-0.25, -0.2) is 0 Å². The van der Waals surface area contributed by atoms with E-state index in [1.165, 1.54) is 0 Å². The molecule has 0 aliphatic carbocycles. The normalized spacial score (nSPS) is 12.2. The standard InChI is InChI=1S/C10H9BF3N3/c1-5-2-3-6(11)8-7(5)9(15)16-17(8)4-10(12,13)14/h2-3H,4H2,1H3,(H2,15,16). The average Bonchev–Trinajstić information content (AvgIpc) is 2.48. The van der Waals surface area contributed by atoms with E-state index in [9.17, 15) is 13.2 Å². The first-order valence-electron chi connectivity index (χ1n) is 4.87. The molecule has 17 heavy (non-hydrogen) atoms. The summed E-state index contributed by atoms with van der Waals surface area (Å²) in [4.78, 5) is 0. The molecule has 0 saturated carbocycles. The lowest BCUT2D eigenvalue weighted by atomic mass is 9.92. The predicted octanol–water partition coefficient (Wildman–Crippen LogP) is 1.28. The Morgan fingerprint density at radius 2 is 2.06 bits per heavy atom. The number of aromatic nitrogens is 2. The fraction of sp³-hybridized carbons (Fsp3) is 0.300. The molecule has 3 nitrogen and oxygen atoms in total. The van der Waals surface area contributed by atoms with Gasteiger partial charge in [0, 0.05) is 5.39 Å². The number of hydrogen-bond donors (Lipinski definition) is 1. The number of rotatable bonds is 1. The van der Waals surface area contributed by atoms with E-state index in [-0.39, 0.29) is 16.8 Å². The van der Waals surface area contributed by atoms with Crippen molar-refractivity contribution in [1.29, 1.82) is 0 Å². The number of aryl methyl sites for hydroxylation is 1. The number of halogens is 3. The fourth-order valence-corrected chi connectivity index (χ4v) is 1.82. The second-order valence-electron chi connectivity index (χ2n) is 3.85. The van der Waals surface area contributed by atoms with Crippen molar-refractivity contribution >= 4 is 30.0 Å². The van der Waals surface area contributed by atoms with Crippen LogP contribution in [0.1, 0.15) is 5.56 Å². The topological polar surface area (TPSA) is 43.8 Å². The number of nitrogens with two attached hydrogens (primary N) is 1. The monoisotopic (exact) mass is 239 g/mol. The third kappa shape index (κ3) is 2.09. The van der Waals surface area contributed by atoms with E-state index in [4.69, 9.17) is 13.6 Å². The molecule has 0 atom stereocenters. The molecule has 2 N–H and O–H groups in total. The van der Waals surface area contributed by atoms with E-state index in [0.717, 1.165) is 10.2 Å². The predicted molar refractivity (Wildman–Crippen MR) is 60.3 cm³/mol. The van der Waals surface area contributed by atoms with Gasteiger partial charge < -0.3 is 5.73 Å². The summed E-state index contributed by atoms with van der Waals surface area (Å²) in [7, 11) is 5.67. The molecular weight excluding hydrogens is 230 g/mol. The van der Waals surface area contributed by atoms with Crippen LogP contribution in [0.15, 0.2) is 12.1 Å². The van der Waals surface area contributed by atoms with Crippen LogP contribution in [0, 0.1) is 6.92 Å². The number of anilines is 1. The molecule has 0 spiro atoms. The van der Waals surface area contributed by atoms with Gasteiger partial charge in [-0.05, 0) is 12.5 Å².